The highest BCUT2D eigenvalue weighted by Gasteiger charge is 2.34. The Kier molecular flexibility index (Phi) is 5.77. The van der Waals surface area contributed by atoms with Crippen molar-refractivity contribution >= 4 is 0 Å². The third-order valence-corrected chi connectivity index (χ3v) is 6.40. The van der Waals surface area contributed by atoms with Crippen LogP contribution in [0.25, 0.3) is 11.1 Å². The molecule has 1 aliphatic carbocycles. The van der Waals surface area contributed by atoms with Gasteiger partial charge in [0.15, 0.2) is 0 Å². The van der Waals surface area contributed by atoms with Crippen molar-refractivity contribution in [3.8, 4) is 11.1 Å². The molecule has 28 heavy (non-hydrogen) atoms. The Morgan fingerprint density at radius 1 is 0.893 bits per heavy atom. The monoisotopic (exact) mass is 387 g/mol. The van der Waals surface area contributed by atoms with E-state index < -0.39 is 11.7 Å². The van der Waals surface area contributed by atoms with Crippen LogP contribution in [0.15, 0.2) is 48.5 Å². The molecule has 2 fully saturated rings. The summed E-state index contributed by atoms with van der Waals surface area (Å²) in [7, 11) is 0. The molecule has 0 amide bonds. The van der Waals surface area contributed by atoms with Gasteiger partial charge in [-0.2, -0.15) is 13.2 Å². The van der Waals surface area contributed by atoms with E-state index in [0.29, 0.717) is 17.0 Å². The topological polar surface area (TPSA) is 3.24 Å². The van der Waals surface area contributed by atoms with Crippen molar-refractivity contribution in [3.05, 3.63) is 59.7 Å². The third kappa shape index (κ3) is 4.43. The second-order valence-corrected chi connectivity index (χ2v) is 8.42. The van der Waals surface area contributed by atoms with E-state index in [1.54, 1.807) is 36.4 Å². The molecule has 4 heteroatoms. The summed E-state index contributed by atoms with van der Waals surface area (Å²) >= 11 is 0. The Bertz CT molecular complexity index is 778. The number of benzene rings is 2. The molecule has 1 saturated carbocycles. The maximum atomic E-state index is 13.6. The zero-order valence-corrected chi connectivity index (χ0v) is 16.2. The highest BCUT2D eigenvalue weighted by molar-refractivity contribution is 5.69. The molecule has 1 nitrogen and oxygen atoms in total. The van der Waals surface area contributed by atoms with Crippen LogP contribution >= 0.6 is 0 Å². The van der Waals surface area contributed by atoms with Gasteiger partial charge in [0.05, 0.1) is 5.56 Å². The van der Waals surface area contributed by atoms with Crippen molar-refractivity contribution in [2.24, 2.45) is 5.92 Å². The molecule has 1 saturated heterocycles. The zero-order valence-electron chi connectivity index (χ0n) is 16.2. The smallest absolute Gasteiger partial charge is 0.302 e. The van der Waals surface area contributed by atoms with Crippen molar-refractivity contribution in [1.29, 1.82) is 0 Å². The van der Waals surface area contributed by atoms with Crippen LogP contribution in [0.1, 0.15) is 55.6 Å². The zero-order chi connectivity index (χ0) is 19.6. The Hall–Kier alpha value is -1.81. The standard InChI is InChI=1S/C24H28F3N/c25-24(26,27)23-13-12-20(15-22(23)19-9-2-1-3-10-19)21-11-6-14-28(17-21)16-18-7-4-5-8-18/h1-3,9-10,12-13,15,18,21H,4-8,11,14,16-17H2. The minimum atomic E-state index is -4.34. The summed E-state index contributed by atoms with van der Waals surface area (Å²) < 4.78 is 40.8. The first-order valence-electron chi connectivity index (χ1n) is 10.5. The number of alkyl halides is 3. The fourth-order valence-electron chi connectivity index (χ4n) is 4.97. The average molecular weight is 387 g/mol. The third-order valence-electron chi connectivity index (χ3n) is 6.40. The van der Waals surface area contributed by atoms with Crippen LogP contribution in [0.3, 0.4) is 0 Å². The van der Waals surface area contributed by atoms with Gasteiger partial charge in [-0.15, -0.1) is 0 Å². The van der Waals surface area contributed by atoms with E-state index in [-0.39, 0.29) is 0 Å². The van der Waals surface area contributed by atoms with Gasteiger partial charge in [-0.1, -0.05) is 55.3 Å². The fourth-order valence-corrected chi connectivity index (χ4v) is 4.97. The summed E-state index contributed by atoms with van der Waals surface area (Å²) in [6.07, 6.45) is 3.20. The SMILES string of the molecule is FC(F)(F)c1ccc(C2CCCN(CC3CCCC3)C2)cc1-c1ccccc1. The summed E-state index contributed by atoms with van der Waals surface area (Å²) in [6.45, 7) is 3.25. The average Bonchev–Trinajstić information content (AvgIpc) is 3.21. The number of hydrogen-bond acceptors (Lipinski definition) is 1. The van der Waals surface area contributed by atoms with E-state index in [4.69, 9.17) is 0 Å². The minimum absolute atomic E-state index is 0.304. The highest BCUT2D eigenvalue weighted by Crippen LogP contribution is 2.40. The summed E-state index contributed by atoms with van der Waals surface area (Å²) in [4.78, 5) is 2.55. The number of hydrogen-bond donors (Lipinski definition) is 0. The van der Waals surface area contributed by atoms with Gasteiger partial charge < -0.3 is 4.90 Å². The summed E-state index contributed by atoms with van der Waals surface area (Å²) in [6, 6.07) is 13.7. The molecule has 0 spiro atoms. The van der Waals surface area contributed by atoms with E-state index in [1.165, 1.54) is 31.7 Å². The van der Waals surface area contributed by atoms with Gasteiger partial charge in [-0.3, -0.25) is 0 Å². The lowest BCUT2D eigenvalue weighted by Crippen LogP contribution is -2.37. The van der Waals surface area contributed by atoms with Crippen molar-refractivity contribution in [1.82, 2.24) is 4.90 Å². The van der Waals surface area contributed by atoms with E-state index in [2.05, 4.69) is 4.90 Å². The molecule has 0 aromatic heterocycles. The molecule has 1 atom stereocenters. The number of nitrogens with zero attached hydrogens (tertiary/aromatic N) is 1. The first-order valence-corrected chi connectivity index (χ1v) is 10.5. The predicted molar refractivity (Wildman–Crippen MR) is 107 cm³/mol. The van der Waals surface area contributed by atoms with Crippen LogP contribution in [0.5, 0.6) is 0 Å². The molecular weight excluding hydrogens is 359 g/mol. The van der Waals surface area contributed by atoms with Gasteiger partial charge in [-0.05, 0) is 66.8 Å². The maximum absolute atomic E-state index is 13.6. The van der Waals surface area contributed by atoms with Crippen LogP contribution in [-0.2, 0) is 6.18 Å². The van der Waals surface area contributed by atoms with Crippen molar-refractivity contribution in [2.75, 3.05) is 19.6 Å². The molecule has 2 aliphatic rings. The lowest BCUT2D eigenvalue weighted by molar-refractivity contribution is -0.137. The van der Waals surface area contributed by atoms with E-state index in [0.717, 1.165) is 44.0 Å². The highest BCUT2D eigenvalue weighted by atomic mass is 19.4. The second-order valence-electron chi connectivity index (χ2n) is 8.42. The lowest BCUT2D eigenvalue weighted by Gasteiger charge is -2.35. The normalized spacial score (nSPS) is 21.9. The number of rotatable bonds is 4. The maximum Gasteiger partial charge on any atom is 0.417 e. The van der Waals surface area contributed by atoms with Gasteiger partial charge in [0.2, 0.25) is 0 Å². The van der Waals surface area contributed by atoms with Crippen molar-refractivity contribution in [3.63, 3.8) is 0 Å². The molecule has 1 unspecified atom stereocenters. The Morgan fingerprint density at radius 2 is 1.64 bits per heavy atom. The molecule has 0 radical (unpaired) electrons. The van der Waals surface area contributed by atoms with Gasteiger partial charge in [0.25, 0.3) is 0 Å². The minimum Gasteiger partial charge on any atom is -0.302 e. The van der Waals surface area contributed by atoms with E-state index in [9.17, 15) is 13.2 Å². The molecule has 2 aromatic rings. The fraction of sp³-hybridized carbons (Fsp3) is 0.500. The molecule has 150 valence electrons. The summed E-state index contributed by atoms with van der Waals surface area (Å²) in [5.41, 5.74) is 1.44. The van der Waals surface area contributed by atoms with Crippen LogP contribution in [0.2, 0.25) is 0 Å². The molecular formula is C24H28F3N. The second kappa shape index (κ2) is 8.28. The van der Waals surface area contributed by atoms with E-state index in [1.807, 2.05) is 6.07 Å². The van der Waals surface area contributed by atoms with E-state index >= 15 is 0 Å². The summed E-state index contributed by atoms with van der Waals surface area (Å²) in [5.74, 6) is 1.13. The number of piperidine rings is 1. The first kappa shape index (κ1) is 19.5. The molecule has 1 heterocycles. The van der Waals surface area contributed by atoms with Gasteiger partial charge >= 0.3 is 6.18 Å². The number of halogens is 3. The Morgan fingerprint density at radius 3 is 2.36 bits per heavy atom. The largest absolute Gasteiger partial charge is 0.417 e. The summed E-state index contributed by atoms with van der Waals surface area (Å²) in [5, 5.41) is 0. The first-order chi connectivity index (χ1) is 13.5. The molecule has 2 aromatic carbocycles. The van der Waals surface area contributed by atoms with Gasteiger partial charge in [0, 0.05) is 13.1 Å². The van der Waals surface area contributed by atoms with Gasteiger partial charge in [-0.25, -0.2) is 0 Å². The van der Waals surface area contributed by atoms with Crippen molar-refractivity contribution in [2.45, 2.75) is 50.6 Å². The molecule has 0 N–H and O–H groups in total. The Balaban J connectivity index is 1.59. The molecule has 1 aliphatic heterocycles. The van der Waals surface area contributed by atoms with Crippen LogP contribution < -0.4 is 0 Å². The van der Waals surface area contributed by atoms with Gasteiger partial charge in [0.1, 0.15) is 0 Å². The quantitative estimate of drug-likeness (QED) is 0.561. The lowest BCUT2D eigenvalue weighted by atomic mass is 9.86. The Labute approximate surface area is 165 Å². The predicted octanol–water partition coefficient (Wildman–Crippen LogP) is 6.74. The van der Waals surface area contributed by atoms with Crippen LogP contribution in [0, 0.1) is 5.92 Å². The van der Waals surface area contributed by atoms with Crippen LogP contribution in [0.4, 0.5) is 13.2 Å². The molecule has 0 bridgehead atoms. The number of likely N-dealkylation sites (tertiary alicyclic amines) is 1. The van der Waals surface area contributed by atoms with Crippen LogP contribution in [-0.4, -0.2) is 24.5 Å². The molecule has 4 rings (SSSR count). The van der Waals surface area contributed by atoms with Crippen molar-refractivity contribution < 1.29 is 13.2 Å².